The van der Waals surface area contributed by atoms with Crippen LogP contribution in [0.3, 0.4) is 0 Å². The molecule has 3 N–H and O–H groups in total. The molecule has 0 bridgehead atoms. The lowest BCUT2D eigenvalue weighted by atomic mass is 10.3. The summed E-state index contributed by atoms with van der Waals surface area (Å²) >= 11 is 1.69. The average molecular weight is 206 g/mol. The summed E-state index contributed by atoms with van der Waals surface area (Å²) in [4.78, 5) is 1.15. The molecule has 12 heavy (non-hydrogen) atoms. The standard InChI is InChI=1S/C8H11NOS.ClH/c9-5-6-11-8-3-1-7(10)2-4-8;/h1-4,10H,5-6,9H2;1H. The molecule has 0 heterocycles. The van der Waals surface area contributed by atoms with Crippen LogP contribution in [-0.4, -0.2) is 17.4 Å². The number of aromatic hydroxyl groups is 1. The number of benzene rings is 1. The molecule has 1 aromatic carbocycles. The fourth-order valence-corrected chi connectivity index (χ4v) is 1.40. The first-order valence-corrected chi connectivity index (χ1v) is 4.43. The fourth-order valence-electron chi connectivity index (χ4n) is 0.719. The highest BCUT2D eigenvalue weighted by molar-refractivity contribution is 7.99. The van der Waals surface area contributed by atoms with Crippen molar-refractivity contribution in [2.45, 2.75) is 4.90 Å². The zero-order chi connectivity index (χ0) is 8.10. The second-order valence-electron chi connectivity index (χ2n) is 2.13. The first-order chi connectivity index (χ1) is 5.33. The van der Waals surface area contributed by atoms with Gasteiger partial charge in [-0.3, -0.25) is 0 Å². The normalized spacial score (nSPS) is 9.08. The SMILES string of the molecule is Cl.NCCSc1ccc(O)cc1. The fraction of sp³-hybridized carbons (Fsp3) is 0.250. The predicted octanol–water partition coefficient (Wildman–Crippen LogP) is 1.86. The van der Waals surface area contributed by atoms with Gasteiger partial charge in [-0.05, 0) is 24.3 Å². The Morgan fingerprint density at radius 3 is 2.33 bits per heavy atom. The van der Waals surface area contributed by atoms with Crippen LogP contribution < -0.4 is 5.73 Å². The van der Waals surface area contributed by atoms with Gasteiger partial charge in [-0.15, -0.1) is 24.2 Å². The number of phenols is 1. The minimum Gasteiger partial charge on any atom is -0.508 e. The second-order valence-corrected chi connectivity index (χ2v) is 3.30. The van der Waals surface area contributed by atoms with Crippen LogP contribution >= 0.6 is 24.2 Å². The van der Waals surface area contributed by atoms with Crippen molar-refractivity contribution in [2.24, 2.45) is 5.73 Å². The van der Waals surface area contributed by atoms with Crippen LogP contribution in [0.1, 0.15) is 0 Å². The van der Waals surface area contributed by atoms with Gasteiger partial charge in [-0.1, -0.05) is 0 Å². The minimum absolute atomic E-state index is 0. The topological polar surface area (TPSA) is 46.2 Å². The molecule has 0 saturated carbocycles. The van der Waals surface area contributed by atoms with E-state index < -0.39 is 0 Å². The van der Waals surface area contributed by atoms with Crippen molar-refractivity contribution in [1.82, 2.24) is 0 Å². The lowest BCUT2D eigenvalue weighted by Gasteiger charge is -1.98. The predicted molar refractivity (Wildman–Crippen MR) is 55.1 cm³/mol. The highest BCUT2D eigenvalue weighted by Crippen LogP contribution is 2.19. The molecule has 0 saturated heterocycles. The Bertz CT molecular complexity index is 215. The van der Waals surface area contributed by atoms with E-state index in [1.54, 1.807) is 23.9 Å². The Morgan fingerprint density at radius 1 is 1.25 bits per heavy atom. The van der Waals surface area contributed by atoms with Crippen molar-refractivity contribution in [2.75, 3.05) is 12.3 Å². The zero-order valence-corrected chi connectivity index (χ0v) is 8.20. The van der Waals surface area contributed by atoms with E-state index in [0.29, 0.717) is 12.3 Å². The number of halogens is 1. The van der Waals surface area contributed by atoms with Crippen LogP contribution in [0, 0.1) is 0 Å². The first kappa shape index (κ1) is 11.6. The molecule has 0 aliphatic carbocycles. The summed E-state index contributed by atoms with van der Waals surface area (Å²) in [5.41, 5.74) is 5.34. The van der Waals surface area contributed by atoms with Crippen molar-refractivity contribution >= 4 is 24.2 Å². The monoisotopic (exact) mass is 205 g/mol. The zero-order valence-electron chi connectivity index (χ0n) is 6.56. The molecule has 0 aromatic heterocycles. The number of phenolic OH excluding ortho intramolecular Hbond substituents is 1. The number of thioether (sulfide) groups is 1. The maximum Gasteiger partial charge on any atom is 0.115 e. The number of hydrogen-bond acceptors (Lipinski definition) is 3. The van der Waals surface area contributed by atoms with E-state index in [9.17, 15) is 0 Å². The molecular formula is C8H12ClNOS. The van der Waals surface area contributed by atoms with E-state index >= 15 is 0 Å². The molecule has 0 fully saturated rings. The summed E-state index contributed by atoms with van der Waals surface area (Å²) in [5.74, 6) is 1.23. The van der Waals surface area contributed by atoms with Gasteiger partial charge in [0.2, 0.25) is 0 Å². The smallest absolute Gasteiger partial charge is 0.115 e. The van der Waals surface area contributed by atoms with Crippen LogP contribution in [0.25, 0.3) is 0 Å². The Balaban J connectivity index is 0.00000121. The maximum atomic E-state index is 8.95. The Hall–Kier alpha value is -0.380. The van der Waals surface area contributed by atoms with Gasteiger partial charge in [0.25, 0.3) is 0 Å². The minimum atomic E-state index is 0. The van der Waals surface area contributed by atoms with Crippen LogP contribution in [0.15, 0.2) is 29.2 Å². The maximum absolute atomic E-state index is 8.95. The van der Waals surface area contributed by atoms with Gasteiger partial charge < -0.3 is 10.8 Å². The van der Waals surface area contributed by atoms with E-state index in [1.165, 1.54) is 0 Å². The summed E-state index contributed by atoms with van der Waals surface area (Å²) in [5, 5.41) is 8.95. The van der Waals surface area contributed by atoms with Crippen molar-refractivity contribution in [1.29, 1.82) is 0 Å². The van der Waals surface area contributed by atoms with E-state index in [-0.39, 0.29) is 12.4 Å². The van der Waals surface area contributed by atoms with Crippen LogP contribution in [0.5, 0.6) is 5.75 Å². The average Bonchev–Trinajstić information content (AvgIpc) is 2.04. The van der Waals surface area contributed by atoms with Gasteiger partial charge in [0.15, 0.2) is 0 Å². The van der Waals surface area contributed by atoms with Crippen molar-refractivity contribution in [3.63, 3.8) is 0 Å². The van der Waals surface area contributed by atoms with Gasteiger partial charge in [-0.25, -0.2) is 0 Å². The van der Waals surface area contributed by atoms with E-state index in [2.05, 4.69) is 0 Å². The molecular weight excluding hydrogens is 194 g/mol. The van der Waals surface area contributed by atoms with Crippen LogP contribution in [0.4, 0.5) is 0 Å². The Labute approximate surface area is 82.6 Å². The van der Waals surface area contributed by atoms with E-state index in [4.69, 9.17) is 10.8 Å². The molecule has 0 aliphatic heterocycles. The molecule has 0 atom stereocenters. The molecule has 0 radical (unpaired) electrons. The summed E-state index contributed by atoms with van der Waals surface area (Å²) in [7, 11) is 0. The molecule has 0 aliphatic rings. The van der Waals surface area contributed by atoms with Gasteiger partial charge in [-0.2, -0.15) is 0 Å². The molecule has 4 heteroatoms. The third-order valence-electron chi connectivity index (χ3n) is 1.22. The van der Waals surface area contributed by atoms with Gasteiger partial charge in [0, 0.05) is 17.2 Å². The van der Waals surface area contributed by atoms with Gasteiger partial charge in [0.05, 0.1) is 0 Å². The van der Waals surface area contributed by atoms with Crippen molar-refractivity contribution in [3.05, 3.63) is 24.3 Å². The third kappa shape index (κ3) is 3.85. The number of nitrogens with two attached hydrogens (primary N) is 1. The molecule has 1 aromatic rings. The lowest BCUT2D eigenvalue weighted by Crippen LogP contribution is -2.00. The molecule has 1 rings (SSSR count). The molecule has 0 amide bonds. The Morgan fingerprint density at radius 2 is 1.83 bits per heavy atom. The molecule has 0 unspecified atom stereocenters. The summed E-state index contributed by atoms with van der Waals surface area (Å²) in [6, 6.07) is 7.13. The van der Waals surface area contributed by atoms with E-state index in [0.717, 1.165) is 10.6 Å². The van der Waals surface area contributed by atoms with Crippen LogP contribution in [-0.2, 0) is 0 Å². The largest absolute Gasteiger partial charge is 0.508 e. The number of rotatable bonds is 3. The molecule has 68 valence electrons. The summed E-state index contributed by atoms with van der Waals surface area (Å²) in [6.45, 7) is 0.686. The van der Waals surface area contributed by atoms with Crippen LogP contribution in [0.2, 0.25) is 0 Å². The van der Waals surface area contributed by atoms with Gasteiger partial charge in [0.1, 0.15) is 5.75 Å². The summed E-state index contributed by atoms with van der Waals surface area (Å²) < 4.78 is 0. The third-order valence-corrected chi connectivity index (χ3v) is 2.27. The molecule has 0 spiro atoms. The number of hydrogen-bond donors (Lipinski definition) is 2. The van der Waals surface area contributed by atoms with Crippen molar-refractivity contribution in [3.8, 4) is 5.75 Å². The first-order valence-electron chi connectivity index (χ1n) is 3.45. The highest BCUT2D eigenvalue weighted by atomic mass is 35.5. The second kappa shape index (κ2) is 6.17. The highest BCUT2D eigenvalue weighted by Gasteiger charge is 1.91. The summed E-state index contributed by atoms with van der Waals surface area (Å²) in [6.07, 6.45) is 0. The van der Waals surface area contributed by atoms with Gasteiger partial charge >= 0.3 is 0 Å². The molecule has 2 nitrogen and oxygen atoms in total. The quantitative estimate of drug-likeness (QED) is 0.741. The Kier molecular flexibility index (Phi) is 5.98. The lowest BCUT2D eigenvalue weighted by molar-refractivity contribution is 0.475. The van der Waals surface area contributed by atoms with Crippen molar-refractivity contribution < 1.29 is 5.11 Å². The van der Waals surface area contributed by atoms with E-state index in [1.807, 2.05) is 12.1 Å².